The van der Waals surface area contributed by atoms with Crippen LogP contribution in [0.4, 0.5) is 4.39 Å². The summed E-state index contributed by atoms with van der Waals surface area (Å²) in [5, 5.41) is 11.5. The predicted octanol–water partition coefficient (Wildman–Crippen LogP) is 5.69. The van der Waals surface area contributed by atoms with Crippen LogP contribution in [-0.2, 0) is 14.4 Å². The van der Waals surface area contributed by atoms with E-state index in [9.17, 15) is 18.8 Å². The number of nitrogens with one attached hydrogen (secondary N) is 1. The van der Waals surface area contributed by atoms with Gasteiger partial charge in [0.25, 0.3) is 5.91 Å². The highest BCUT2D eigenvalue weighted by Crippen LogP contribution is 2.47. The van der Waals surface area contributed by atoms with Gasteiger partial charge < -0.3 is 15.3 Å². The molecule has 1 fully saturated rings. The van der Waals surface area contributed by atoms with Crippen molar-refractivity contribution in [1.29, 1.82) is 0 Å². The molecule has 1 aromatic carbocycles. The van der Waals surface area contributed by atoms with Gasteiger partial charge in [-0.15, -0.1) is 0 Å². The third-order valence-corrected chi connectivity index (χ3v) is 9.11. The van der Waals surface area contributed by atoms with Crippen LogP contribution in [0.2, 0.25) is 0 Å². The van der Waals surface area contributed by atoms with Crippen LogP contribution in [-0.4, -0.2) is 58.2 Å². The number of benzene rings is 1. The minimum Gasteiger partial charge on any atom is -0.481 e. The molecule has 8 heteroatoms. The van der Waals surface area contributed by atoms with E-state index < -0.39 is 11.5 Å². The van der Waals surface area contributed by atoms with E-state index in [1.165, 1.54) is 12.1 Å². The number of hydrogen-bond acceptors (Lipinski definition) is 4. The number of allylic oxidation sites excluding steroid dienone is 2. The summed E-state index contributed by atoms with van der Waals surface area (Å²) in [6, 6.07) is 5.81. The summed E-state index contributed by atoms with van der Waals surface area (Å²) in [6.45, 7) is 11.7. The molecular formula is C33H44FN3O4. The topological polar surface area (TPSA) is 99.1 Å². The molecule has 1 spiro atoms. The number of aliphatic carboxylic acids is 1. The number of nitrogens with zero attached hydrogens (tertiary/aromatic N) is 2. The molecule has 222 valence electrons. The summed E-state index contributed by atoms with van der Waals surface area (Å²) in [4.78, 5) is 44.8. The fraction of sp³-hybridized carbons (Fsp3) is 0.576. The zero-order chi connectivity index (χ0) is 29.9. The van der Waals surface area contributed by atoms with Crippen LogP contribution < -0.4 is 5.32 Å². The van der Waals surface area contributed by atoms with Gasteiger partial charge in [0.15, 0.2) is 0 Å². The first-order valence-electron chi connectivity index (χ1n) is 14.9. The van der Waals surface area contributed by atoms with E-state index in [0.717, 1.165) is 31.3 Å². The van der Waals surface area contributed by atoms with Crippen molar-refractivity contribution in [3.8, 4) is 0 Å². The van der Waals surface area contributed by atoms with Crippen molar-refractivity contribution >= 4 is 23.5 Å². The van der Waals surface area contributed by atoms with Crippen LogP contribution in [0.3, 0.4) is 0 Å². The van der Waals surface area contributed by atoms with Crippen LogP contribution in [0, 0.1) is 23.1 Å². The Balaban J connectivity index is 1.68. The molecule has 0 saturated heterocycles. The van der Waals surface area contributed by atoms with Gasteiger partial charge in [-0.2, -0.15) is 0 Å². The van der Waals surface area contributed by atoms with E-state index in [4.69, 9.17) is 10.1 Å². The summed E-state index contributed by atoms with van der Waals surface area (Å²) in [6.07, 6.45) is 8.64. The summed E-state index contributed by atoms with van der Waals surface area (Å²) >= 11 is 0. The highest BCUT2D eigenvalue weighted by Gasteiger charge is 2.51. The maximum atomic E-state index is 14.4. The van der Waals surface area contributed by atoms with Gasteiger partial charge in [0.1, 0.15) is 11.5 Å². The zero-order valence-electron chi connectivity index (χ0n) is 25.0. The second-order valence-corrected chi connectivity index (χ2v) is 13.2. The van der Waals surface area contributed by atoms with Gasteiger partial charge >= 0.3 is 5.97 Å². The molecule has 1 unspecified atom stereocenters. The van der Waals surface area contributed by atoms with Crippen molar-refractivity contribution in [3.05, 3.63) is 58.9 Å². The van der Waals surface area contributed by atoms with Crippen molar-refractivity contribution in [2.75, 3.05) is 13.1 Å². The standard InChI is InChI=1S/C33H44FN3O4/c1-21(2)29(23-6-8-24(9-7-23)30(40)35-19-16-27(38)39)37-31(41)28(22-10-12-26(34)13-11-22)36-20-33(37)17-14-25(15-18-33)32(3,4)5/h6,8,10-13,21,25,29H,7,9,14-20H2,1-5H3,(H,35,40)(H,38,39). The second-order valence-electron chi connectivity index (χ2n) is 13.2. The average Bonchev–Trinajstić information content (AvgIpc) is 2.91. The molecule has 1 saturated carbocycles. The van der Waals surface area contributed by atoms with E-state index in [1.54, 1.807) is 12.1 Å². The van der Waals surface area contributed by atoms with Crippen molar-refractivity contribution in [2.24, 2.45) is 22.2 Å². The first-order chi connectivity index (χ1) is 19.3. The maximum Gasteiger partial charge on any atom is 0.305 e. The van der Waals surface area contributed by atoms with Crippen LogP contribution in [0.25, 0.3) is 0 Å². The molecule has 4 rings (SSSR count). The molecule has 2 N–H and O–H groups in total. The molecule has 0 aromatic heterocycles. The summed E-state index contributed by atoms with van der Waals surface area (Å²) in [7, 11) is 0. The van der Waals surface area contributed by atoms with Crippen LogP contribution in [0.15, 0.2) is 52.6 Å². The lowest BCUT2D eigenvalue weighted by Gasteiger charge is -2.55. The number of amides is 2. The van der Waals surface area contributed by atoms with Crippen molar-refractivity contribution in [2.45, 2.75) is 91.1 Å². The Bertz CT molecular complexity index is 1250. The van der Waals surface area contributed by atoms with E-state index in [2.05, 4.69) is 44.8 Å². The molecule has 1 aromatic rings. The number of carbonyl (C=O) groups excluding carboxylic acids is 2. The van der Waals surface area contributed by atoms with Crippen molar-refractivity contribution in [3.63, 3.8) is 0 Å². The van der Waals surface area contributed by atoms with E-state index in [1.807, 2.05) is 12.2 Å². The number of carboxylic acids is 1. The van der Waals surface area contributed by atoms with E-state index in [-0.39, 0.29) is 48.0 Å². The number of hydrogen-bond donors (Lipinski definition) is 2. The quantitative estimate of drug-likeness (QED) is 0.423. The lowest BCUT2D eigenvalue weighted by molar-refractivity contribution is -0.138. The lowest BCUT2D eigenvalue weighted by atomic mass is 9.65. The smallest absolute Gasteiger partial charge is 0.305 e. The molecule has 1 atom stereocenters. The van der Waals surface area contributed by atoms with Crippen molar-refractivity contribution < 1.29 is 23.9 Å². The van der Waals surface area contributed by atoms with Crippen LogP contribution in [0.1, 0.15) is 85.1 Å². The molecule has 0 radical (unpaired) electrons. The molecule has 1 aliphatic heterocycles. The number of carbonyl (C=O) groups is 3. The first kappa shape index (κ1) is 30.7. The minimum atomic E-state index is -0.954. The number of aliphatic imine (C=N–C) groups is 1. The highest BCUT2D eigenvalue weighted by atomic mass is 19.1. The van der Waals surface area contributed by atoms with Gasteiger partial charge in [0, 0.05) is 17.7 Å². The lowest BCUT2D eigenvalue weighted by Crippen LogP contribution is -2.65. The Kier molecular flexibility index (Phi) is 9.19. The first-order valence-corrected chi connectivity index (χ1v) is 14.9. The van der Waals surface area contributed by atoms with Gasteiger partial charge in [-0.05, 0) is 85.6 Å². The summed E-state index contributed by atoms with van der Waals surface area (Å²) in [5.41, 5.74) is 2.53. The van der Waals surface area contributed by atoms with Gasteiger partial charge in [0.05, 0.1) is 24.5 Å². The molecule has 0 bridgehead atoms. The Hall–Kier alpha value is -3.29. The monoisotopic (exact) mass is 565 g/mol. The predicted molar refractivity (Wildman–Crippen MR) is 158 cm³/mol. The van der Waals surface area contributed by atoms with Crippen LogP contribution in [0.5, 0.6) is 0 Å². The molecule has 2 aliphatic carbocycles. The normalized spacial score (nSPS) is 24.1. The van der Waals surface area contributed by atoms with Gasteiger partial charge in [-0.3, -0.25) is 19.4 Å². The maximum absolute atomic E-state index is 14.4. The highest BCUT2D eigenvalue weighted by molar-refractivity contribution is 6.46. The third-order valence-electron chi connectivity index (χ3n) is 9.11. The van der Waals surface area contributed by atoms with Gasteiger partial charge in [0.2, 0.25) is 5.91 Å². The van der Waals surface area contributed by atoms with Crippen molar-refractivity contribution in [1.82, 2.24) is 10.2 Å². The SMILES string of the molecule is CC(C)C(C1=CC=C(C(=O)NCCC(=O)O)CC1)N1C(=O)C(c2ccc(F)cc2)=NCC12CCC(C(C)(C)C)CC2. The molecule has 41 heavy (non-hydrogen) atoms. The summed E-state index contributed by atoms with van der Waals surface area (Å²) < 4.78 is 13.7. The third kappa shape index (κ3) is 6.79. The van der Waals surface area contributed by atoms with E-state index in [0.29, 0.717) is 42.2 Å². The second kappa shape index (κ2) is 12.3. The molecule has 3 aliphatic rings. The largest absolute Gasteiger partial charge is 0.481 e. The van der Waals surface area contributed by atoms with Gasteiger partial charge in [-0.25, -0.2) is 4.39 Å². The number of rotatable bonds is 8. The fourth-order valence-electron chi connectivity index (χ4n) is 6.74. The average molecular weight is 566 g/mol. The Morgan fingerprint density at radius 3 is 2.32 bits per heavy atom. The zero-order valence-corrected chi connectivity index (χ0v) is 25.0. The van der Waals surface area contributed by atoms with Gasteiger partial charge in [-0.1, -0.05) is 46.8 Å². The number of carboxylic acid groups (broad SMARTS) is 1. The summed E-state index contributed by atoms with van der Waals surface area (Å²) in [5.74, 6) is -0.978. The minimum absolute atomic E-state index is 0.0859. The van der Waals surface area contributed by atoms with Crippen LogP contribution >= 0.6 is 0 Å². The Morgan fingerprint density at radius 1 is 1.12 bits per heavy atom. The van der Waals surface area contributed by atoms with E-state index >= 15 is 0 Å². The number of halogens is 1. The molecule has 2 amide bonds. The Morgan fingerprint density at radius 2 is 1.78 bits per heavy atom. The fourth-order valence-corrected chi connectivity index (χ4v) is 6.74. The molecule has 1 heterocycles. The molecular weight excluding hydrogens is 521 g/mol. The Labute approximate surface area is 243 Å². The molecule has 7 nitrogen and oxygen atoms in total.